The molecule has 0 spiro atoms. The topological polar surface area (TPSA) is 38.2 Å². The minimum atomic E-state index is 0.499. The molecule has 80 valence electrons. The van der Waals surface area contributed by atoms with Gasteiger partial charge < -0.3 is 9.64 Å². The van der Waals surface area contributed by atoms with E-state index in [1.165, 1.54) is 0 Å². The molecule has 1 aromatic heterocycles. The molecule has 15 heavy (non-hydrogen) atoms. The molecular weight excluding hydrogens is 214 g/mol. The van der Waals surface area contributed by atoms with Gasteiger partial charge in [-0.05, 0) is 0 Å². The highest BCUT2D eigenvalue weighted by atomic mass is 35.5. The first-order valence-electron chi connectivity index (χ1n) is 5.14. The van der Waals surface area contributed by atoms with Gasteiger partial charge in [-0.15, -0.1) is 0 Å². The van der Waals surface area contributed by atoms with Gasteiger partial charge in [-0.25, -0.2) is 9.97 Å². The fourth-order valence-electron chi connectivity index (χ4n) is 2.39. The van der Waals surface area contributed by atoms with Crippen molar-refractivity contribution in [2.75, 3.05) is 31.2 Å². The Balaban J connectivity index is 1.82. The Bertz CT molecular complexity index is 361. The lowest BCUT2D eigenvalue weighted by Gasteiger charge is -2.18. The molecule has 5 heteroatoms. The van der Waals surface area contributed by atoms with E-state index in [1.54, 1.807) is 12.4 Å². The quantitative estimate of drug-likeness (QED) is 0.720. The Morgan fingerprint density at radius 2 is 1.87 bits per heavy atom. The summed E-state index contributed by atoms with van der Waals surface area (Å²) < 4.78 is 5.43. The van der Waals surface area contributed by atoms with Crippen molar-refractivity contribution >= 4 is 17.4 Å². The van der Waals surface area contributed by atoms with Crippen LogP contribution in [0.3, 0.4) is 0 Å². The van der Waals surface area contributed by atoms with E-state index < -0.39 is 0 Å². The van der Waals surface area contributed by atoms with E-state index in [1.807, 2.05) is 0 Å². The van der Waals surface area contributed by atoms with Crippen LogP contribution in [0, 0.1) is 11.8 Å². The number of ether oxygens (including phenoxy) is 1. The second-order valence-corrected chi connectivity index (χ2v) is 4.49. The maximum Gasteiger partial charge on any atom is 0.171 e. The maximum atomic E-state index is 6.01. The fourth-order valence-corrected chi connectivity index (χ4v) is 2.61. The molecule has 4 nitrogen and oxygen atoms in total. The molecule has 0 saturated carbocycles. The van der Waals surface area contributed by atoms with Gasteiger partial charge in [-0.3, -0.25) is 0 Å². The lowest BCUT2D eigenvalue weighted by atomic mass is 10.0. The highest BCUT2D eigenvalue weighted by molar-refractivity contribution is 6.31. The Labute approximate surface area is 93.2 Å². The SMILES string of the molecule is Clc1nccnc1N1C[C@@H]2COC[C@H]2C1. The van der Waals surface area contributed by atoms with Crippen LogP contribution in [-0.4, -0.2) is 36.3 Å². The van der Waals surface area contributed by atoms with Crippen LogP contribution in [0.2, 0.25) is 5.15 Å². The number of hydrogen-bond donors (Lipinski definition) is 0. The lowest BCUT2D eigenvalue weighted by Crippen LogP contribution is -2.23. The van der Waals surface area contributed by atoms with Gasteiger partial charge in [0, 0.05) is 37.3 Å². The van der Waals surface area contributed by atoms with Crippen LogP contribution < -0.4 is 4.90 Å². The van der Waals surface area contributed by atoms with Gasteiger partial charge in [0.25, 0.3) is 0 Å². The van der Waals surface area contributed by atoms with Crippen LogP contribution in [-0.2, 0) is 4.74 Å². The molecule has 2 aliphatic rings. The summed E-state index contributed by atoms with van der Waals surface area (Å²) >= 11 is 6.01. The maximum absolute atomic E-state index is 6.01. The van der Waals surface area contributed by atoms with E-state index in [0.29, 0.717) is 17.0 Å². The Hall–Kier alpha value is -0.870. The zero-order chi connectivity index (χ0) is 10.3. The highest BCUT2D eigenvalue weighted by Gasteiger charge is 2.38. The molecule has 2 atom stereocenters. The van der Waals surface area contributed by atoms with Gasteiger partial charge in [-0.1, -0.05) is 11.6 Å². The minimum absolute atomic E-state index is 0.499. The summed E-state index contributed by atoms with van der Waals surface area (Å²) in [4.78, 5) is 10.5. The number of rotatable bonds is 1. The van der Waals surface area contributed by atoms with Crippen molar-refractivity contribution in [2.45, 2.75) is 0 Å². The van der Waals surface area contributed by atoms with Gasteiger partial charge in [0.2, 0.25) is 0 Å². The average Bonchev–Trinajstić information content (AvgIpc) is 2.77. The summed E-state index contributed by atoms with van der Waals surface area (Å²) in [5.74, 6) is 2.10. The summed E-state index contributed by atoms with van der Waals surface area (Å²) in [6, 6.07) is 0. The van der Waals surface area contributed by atoms with E-state index in [4.69, 9.17) is 16.3 Å². The summed E-state index contributed by atoms with van der Waals surface area (Å²) in [6.45, 7) is 3.73. The molecule has 0 N–H and O–H groups in total. The second-order valence-electron chi connectivity index (χ2n) is 4.13. The van der Waals surface area contributed by atoms with E-state index in [9.17, 15) is 0 Å². The molecule has 1 aromatic rings. The van der Waals surface area contributed by atoms with E-state index in [0.717, 1.165) is 32.1 Å². The number of nitrogens with zero attached hydrogens (tertiary/aromatic N) is 3. The average molecular weight is 226 g/mol. The zero-order valence-electron chi connectivity index (χ0n) is 8.27. The first-order chi connectivity index (χ1) is 7.34. The Morgan fingerprint density at radius 1 is 1.20 bits per heavy atom. The van der Waals surface area contributed by atoms with Crippen molar-refractivity contribution in [3.05, 3.63) is 17.5 Å². The van der Waals surface area contributed by atoms with Crippen LogP contribution in [0.4, 0.5) is 5.82 Å². The van der Waals surface area contributed by atoms with E-state index >= 15 is 0 Å². The van der Waals surface area contributed by atoms with Crippen LogP contribution in [0.1, 0.15) is 0 Å². The molecule has 0 bridgehead atoms. The first kappa shape index (κ1) is 9.36. The molecule has 0 aromatic carbocycles. The molecule has 0 aliphatic carbocycles. The first-order valence-corrected chi connectivity index (χ1v) is 5.51. The third-order valence-corrected chi connectivity index (χ3v) is 3.44. The standard InChI is InChI=1S/C10H12ClN3O/c11-9-10(13-2-1-12-9)14-3-7-5-15-6-8(7)4-14/h1-2,7-8H,3-6H2/t7-,8-/m1/s1. The van der Waals surface area contributed by atoms with Crippen molar-refractivity contribution in [1.29, 1.82) is 0 Å². The molecule has 0 amide bonds. The number of anilines is 1. The van der Waals surface area contributed by atoms with Crippen LogP contribution in [0.15, 0.2) is 12.4 Å². The molecule has 3 heterocycles. The van der Waals surface area contributed by atoms with Crippen LogP contribution >= 0.6 is 11.6 Å². The van der Waals surface area contributed by atoms with E-state index in [2.05, 4.69) is 14.9 Å². The summed E-state index contributed by atoms with van der Waals surface area (Å²) in [6.07, 6.45) is 3.30. The third-order valence-electron chi connectivity index (χ3n) is 3.18. The normalized spacial score (nSPS) is 29.5. The fraction of sp³-hybridized carbons (Fsp3) is 0.600. The predicted molar refractivity (Wildman–Crippen MR) is 57.1 cm³/mol. The van der Waals surface area contributed by atoms with Crippen molar-refractivity contribution in [1.82, 2.24) is 9.97 Å². The molecular formula is C10H12ClN3O. The van der Waals surface area contributed by atoms with Crippen LogP contribution in [0.25, 0.3) is 0 Å². The summed E-state index contributed by atoms with van der Waals surface area (Å²) in [5, 5.41) is 0.499. The second kappa shape index (κ2) is 3.61. The van der Waals surface area contributed by atoms with Gasteiger partial charge in [0.15, 0.2) is 11.0 Å². The largest absolute Gasteiger partial charge is 0.381 e. The number of fused-ring (bicyclic) bond motifs is 1. The van der Waals surface area contributed by atoms with Crippen molar-refractivity contribution in [3.63, 3.8) is 0 Å². The van der Waals surface area contributed by atoms with Gasteiger partial charge in [0.1, 0.15) is 0 Å². The molecule has 0 radical (unpaired) electrons. The Kier molecular flexibility index (Phi) is 2.25. The molecule has 3 rings (SSSR count). The summed E-state index contributed by atoms with van der Waals surface area (Å²) in [5.41, 5.74) is 0. The van der Waals surface area contributed by atoms with Gasteiger partial charge >= 0.3 is 0 Å². The highest BCUT2D eigenvalue weighted by Crippen LogP contribution is 2.33. The molecule has 2 fully saturated rings. The molecule has 2 saturated heterocycles. The third kappa shape index (κ3) is 1.58. The number of halogens is 1. The predicted octanol–water partition coefficient (Wildman–Crippen LogP) is 1.21. The number of hydrogen-bond acceptors (Lipinski definition) is 4. The van der Waals surface area contributed by atoms with E-state index in [-0.39, 0.29) is 0 Å². The number of aromatic nitrogens is 2. The van der Waals surface area contributed by atoms with Gasteiger partial charge in [0.05, 0.1) is 13.2 Å². The summed E-state index contributed by atoms with van der Waals surface area (Å²) in [7, 11) is 0. The van der Waals surface area contributed by atoms with Gasteiger partial charge in [-0.2, -0.15) is 0 Å². The zero-order valence-corrected chi connectivity index (χ0v) is 9.02. The van der Waals surface area contributed by atoms with Crippen molar-refractivity contribution < 1.29 is 4.74 Å². The molecule has 2 aliphatic heterocycles. The Morgan fingerprint density at radius 3 is 2.53 bits per heavy atom. The van der Waals surface area contributed by atoms with Crippen molar-refractivity contribution in [3.8, 4) is 0 Å². The molecule has 0 unspecified atom stereocenters. The smallest absolute Gasteiger partial charge is 0.171 e. The minimum Gasteiger partial charge on any atom is -0.381 e. The monoisotopic (exact) mass is 225 g/mol. The lowest BCUT2D eigenvalue weighted by molar-refractivity contribution is 0.177. The van der Waals surface area contributed by atoms with Crippen molar-refractivity contribution in [2.24, 2.45) is 11.8 Å². The van der Waals surface area contributed by atoms with Crippen LogP contribution in [0.5, 0.6) is 0 Å².